The Balaban J connectivity index is 1.61. The van der Waals surface area contributed by atoms with Crippen molar-refractivity contribution < 1.29 is 0 Å². The normalized spacial score (nSPS) is 22.4. The molecule has 2 aliphatic rings. The third kappa shape index (κ3) is 3.42. The van der Waals surface area contributed by atoms with E-state index in [1.54, 1.807) is 0 Å². The summed E-state index contributed by atoms with van der Waals surface area (Å²) in [6.07, 6.45) is 5.94. The number of hydrogen-bond acceptors (Lipinski definition) is 3. The molecule has 1 aliphatic carbocycles. The van der Waals surface area contributed by atoms with Crippen LogP contribution in [0.1, 0.15) is 64.0 Å². The van der Waals surface area contributed by atoms with Gasteiger partial charge in [-0.2, -0.15) is 5.10 Å². The number of hydrogen-bond donors (Lipinski definition) is 2. The zero-order chi connectivity index (χ0) is 15.5. The molecule has 0 spiro atoms. The lowest BCUT2D eigenvalue weighted by Gasteiger charge is -2.31. The lowest BCUT2D eigenvalue weighted by Crippen LogP contribution is -2.51. The van der Waals surface area contributed by atoms with Crippen molar-refractivity contribution in [2.75, 3.05) is 6.54 Å². The van der Waals surface area contributed by atoms with Crippen molar-refractivity contribution >= 4 is 5.96 Å². The number of aryl methyl sites for hydroxylation is 1. The molecule has 122 valence electrons. The molecular weight excluding hydrogens is 276 g/mol. The summed E-state index contributed by atoms with van der Waals surface area (Å²) in [5.41, 5.74) is 0. The number of fused-ring (bicyclic) bond motifs is 1. The molecule has 3 rings (SSSR count). The maximum atomic E-state index is 4.65. The largest absolute Gasteiger partial charge is 0.354 e. The van der Waals surface area contributed by atoms with E-state index in [-0.39, 0.29) is 0 Å². The van der Waals surface area contributed by atoms with Crippen molar-refractivity contribution in [3.05, 3.63) is 11.6 Å². The summed E-state index contributed by atoms with van der Waals surface area (Å²) in [6, 6.07) is 0.989. The molecule has 0 bridgehead atoms. The second kappa shape index (κ2) is 6.67. The number of aliphatic imine (C=N–C) groups is 1. The third-order valence-corrected chi connectivity index (χ3v) is 4.49. The van der Waals surface area contributed by atoms with Gasteiger partial charge in [0.25, 0.3) is 0 Å². The van der Waals surface area contributed by atoms with Gasteiger partial charge in [-0.15, -0.1) is 0 Å². The molecule has 1 aliphatic heterocycles. The van der Waals surface area contributed by atoms with Crippen LogP contribution in [0.3, 0.4) is 0 Å². The summed E-state index contributed by atoms with van der Waals surface area (Å²) in [5.74, 6) is 3.44. The molecule has 2 N–H and O–H groups in total. The highest BCUT2D eigenvalue weighted by Gasteiger charge is 2.24. The van der Waals surface area contributed by atoms with Crippen LogP contribution in [0, 0.1) is 0 Å². The van der Waals surface area contributed by atoms with Gasteiger partial charge < -0.3 is 10.6 Å². The van der Waals surface area contributed by atoms with E-state index in [0.29, 0.717) is 18.0 Å². The molecule has 1 aromatic rings. The minimum absolute atomic E-state index is 0.382. The van der Waals surface area contributed by atoms with Crippen LogP contribution in [-0.2, 0) is 13.0 Å². The summed E-state index contributed by atoms with van der Waals surface area (Å²) in [4.78, 5) is 9.23. The van der Waals surface area contributed by atoms with Gasteiger partial charge in [-0.1, -0.05) is 13.8 Å². The predicted octanol–water partition coefficient (Wildman–Crippen LogP) is 1.82. The summed E-state index contributed by atoms with van der Waals surface area (Å²) >= 11 is 0. The van der Waals surface area contributed by atoms with Crippen LogP contribution in [0.5, 0.6) is 0 Å². The quantitative estimate of drug-likeness (QED) is 0.658. The van der Waals surface area contributed by atoms with E-state index >= 15 is 0 Å². The zero-order valence-electron chi connectivity index (χ0n) is 14.0. The molecular formula is C16H28N6. The van der Waals surface area contributed by atoms with Crippen LogP contribution in [0.15, 0.2) is 4.99 Å². The van der Waals surface area contributed by atoms with E-state index in [4.69, 9.17) is 0 Å². The SMILES string of the molecule is CCN=C(NC1CCC1)NC1CCc2nc(C(C)C)nn2C1. The number of guanidine groups is 1. The van der Waals surface area contributed by atoms with Gasteiger partial charge >= 0.3 is 0 Å². The van der Waals surface area contributed by atoms with E-state index in [1.807, 2.05) is 0 Å². The first kappa shape index (κ1) is 15.3. The minimum atomic E-state index is 0.382. The molecule has 2 heterocycles. The molecule has 1 aromatic heterocycles. The highest BCUT2D eigenvalue weighted by Crippen LogP contribution is 2.19. The fraction of sp³-hybridized carbons (Fsp3) is 0.812. The molecule has 1 fully saturated rings. The van der Waals surface area contributed by atoms with Gasteiger partial charge in [-0.05, 0) is 32.6 Å². The maximum Gasteiger partial charge on any atom is 0.191 e. The van der Waals surface area contributed by atoms with E-state index in [0.717, 1.165) is 43.5 Å². The first-order valence-corrected chi connectivity index (χ1v) is 8.66. The van der Waals surface area contributed by atoms with Gasteiger partial charge in [0, 0.05) is 31.0 Å². The molecule has 0 amide bonds. The number of aromatic nitrogens is 3. The Kier molecular flexibility index (Phi) is 4.64. The number of nitrogens with one attached hydrogen (secondary N) is 2. The van der Waals surface area contributed by atoms with Crippen LogP contribution >= 0.6 is 0 Å². The van der Waals surface area contributed by atoms with Gasteiger partial charge in [0.05, 0.1) is 6.54 Å². The predicted molar refractivity (Wildman–Crippen MR) is 88.1 cm³/mol. The molecule has 6 heteroatoms. The Bertz CT molecular complexity index is 529. The lowest BCUT2D eigenvalue weighted by atomic mass is 9.93. The fourth-order valence-electron chi connectivity index (χ4n) is 2.92. The zero-order valence-corrected chi connectivity index (χ0v) is 14.0. The second-order valence-electron chi connectivity index (χ2n) is 6.70. The van der Waals surface area contributed by atoms with E-state index in [2.05, 4.69) is 51.2 Å². The topological polar surface area (TPSA) is 67.1 Å². The summed E-state index contributed by atoms with van der Waals surface area (Å²) in [5, 5.41) is 11.8. The van der Waals surface area contributed by atoms with Gasteiger partial charge in [0.1, 0.15) is 5.82 Å². The Labute approximate surface area is 132 Å². The molecule has 0 saturated heterocycles. The maximum absolute atomic E-state index is 4.65. The smallest absolute Gasteiger partial charge is 0.191 e. The van der Waals surface area contributed by atoms with Crippen molar-refractivity contribution in [1.29, 1.82) is 0 Å². The average Bonchev–Trinajstić information content (AvgIpc) is 2.86. The van der Waals surface area contributed by atoms with Crippen LogP contribution in [0.4, 0.5) is 0 Å². The average molecular weight is 304 g/mol. The van der Waals surface area contributed by atoms with Crippen molar-refractivity contribution in [2.24, 2.45) is 4.99 Å². The van der Waals surface area contributed by atoms with Crippen LogP contribution < -0.4 is 10.6 Å². The summed E-state index contributed by atoms with van der Waals surface area (Å²) < 4.78 is 2.07. The molecule has 1 saturated carbocycles. The van der Waals surface area contributed by atoms with Gasteiger partial charge in [0.15, 0.2) is 11.8 Å². The third-order valence-electron chi connectivity index (χ3n) is 4.49. The number of nitrogens with zero attached hydrogens (tertiary/aromatic N) is 4. The summed E-state index contributed by atoms with van der Waals surface area (Å²) in [7, 11) is 0. The van der Waals surface area contributed by atoms with Crippen LogP contribution in [-0.4, -0.2) is 39.4 Å². The number of rotatable bonds is 4. The fourth-order valence-corrected chi connectivity index (χ4v) is 2.92. The van der Waals surface area contributed by atoms with E-state index in [9.17, 15) is 0 Å². The molecule has 0 radical (unpaired) electrons. The second-order valence-corrected chi connectivity index (χ2v) is 6.70. The van der Waals surface area contributed by atoms with Gasteiger partial charge in [-0.3, -0.25) is 4.99 Å². The Hall–Kier alpha value is -1.59. The highest BCUT2D eigenvalue weighted by atomic mass is 15.4. The van der Waals surface area contributed by atoms with Crippen molar-refractivity contribution in [3.8, 4) is 0 Å². The van der Waals surface area contributed by atoms with E-state index < -0.39 is 0 Å². The first-order chi connectivity index (χ1) is 10.7. The lowest BCUT2D eigenvalue weighted by molar-refractivity contribution is 0.363. The monoisotopic (exact) mass is 304 g/mol. The van der Waals surface area contributed by atoms with E-state index in [1.165, 1.54) is 19.3 Å². The van der Waals surface area contributed by atoms with Crippen molar-refractivity contribution in [1.82, 2.24) is 25.4 Å². The van der Waals surface area contributed by atoms with Crippen molar-refractivity contribution in [3.63, 3.8) is 0 Å². The van der Waals surface area contributed by atoms with Crippen LogP contribution in [0.25, 0.3) is 0 Å². The standard InChI is InChI=1S/C16H28N6/c1-4-17-16(18-12-6-5-7-12)19-13-8-9-14-20-15(11(2)3)21-22(14)10-13/h11-13H,4-10H2,1-3H3,(H2,17,18,19). The van der Waals surface area contributed by atoms with Gasteiger partial charge in [0.2, 0.25) is 0 Å². The minimum Gasteiger partial charge on any atom is -0.354 e. The summed E-state index contributed by atoms with van der Waals surface area (Å²) in [6.45, 7) is 8.05. The molecule has 1 unspecified atom stereocenters. The van der Waals surface area contributed by atoms with Crippen molar-refractivity contribution in [2.45, 2.75) is 77.4 Å². The highest BCUT2D eigenvalue weighted by molar-refractivity contribution is 5.80. The molecule has 1 atom stereocenters. The Morgan fingerprint density at radius 3 is 2.68 bits per heavy atom. The molecule has 22 heavy (non-hydrogen) atoms. The molecule has 0 aromatic carbocycles. The Morgan fingerprint density at radius 2 is 2.05 bits per heavy atom. The van der Waals surface area contributed by atoms with Crippen LogP contribution in [0.2, 0.25) is 0 Å². The van der Waals surface area contributed by atoms with Gasteiger partial charge in [-0.25, -0.2) is 9.67 Å². The first-order valence-electron chi connectivity index (χ1n) is 8.66. The Morgan fingerprint density at radius 1 is 1.27 bits per heavy atom. The molecule has 6 nitrogen and oxygen atoms in total.